The Morgan fingerprint density at radius 2 is 2.07 bits per heavy atom. The molecule has 3 atom stereocenters. The van der Waals surface area contributed by atoms with Gasteiger partial charge >= 0.3 is 0 Å². The van der Waals surface area contributed by atoms with E-state index in [1.165, 1.54) is 35.0 Å². The number of para-hydroxylation sites is 1. The summed E-state index contributed by atoms with van der Waals surface area (Å²) in [5.74, 6) is 0. The lowest BCUT2D eigenvalue weighted by Gasteiger charge is -2.23. The Morgan fingerprint density at radius 1 is 1.15 bits per heavy atom. The second-order valence-electron chi connectivity index (χ2n) is 7.76. The Labute approximate surface area is 160 Å². The number of nitrogens with one attached hydrogen (secondary N) is 2. The van der Waals surface area contributed by atoms with E-state index in [-0.39, 0.29) is 0 Å². The van der Waals surface area contributed by atoms with Crippen molar-refractivity contribution >= 4 is 32.6 Å². The van der Waals surface area contributed by atoms with Crippen LogP contribution in [0, 0.1) is 0 Å². The minimum Gasteiger partial charge on any atom is -0.360 e. The molecule has 2 aromatic heterocycles. The molecule has 2 N–H and O–H groups in total. The quantitative estimate of drug-likeness (QED) is 0.552. The van der Waals surface area contributed by atoms with E-state index in [9.17, 15) is 4.21 Å². The van der Waals surface area contributed by atoms with Crippen molar-refractivity contribution in [2.45, 2.75) is 41.1 Å². The highest BCUT2D eigenvalue weighted by molar-refractivity contribution is 7.85. The van der Waals surface area contributed by atoms with Crippen molar-refractivity contribution in [2.75, 3.05) is 0 Å². The maximum atomic E-state index is 13.4. The summed E-state index contributed by atoms with van der Waals surface area (Å²) in [7, 11) is 0.958. The van der Waals surface area contributed by atoms with E-state index >= 15 is 0 Å². The van der Waals surface area contributed by atoms with Crippen LogP contribution in [0.2, 0.25) is 0 Å². The van der Waals surface area contributed by atoms with Gasteiger partial charge in [0.25, 0.3) is 0 Å². The lowest BCUT2D eigenvalue weighted by atomic mass is 9.99. The highest BCUT2D eigenvalue weighted by Gasteiger charge is 2.35. The molecule has 136 valence electrons. The van der Waals surface area contributed by atoms with Crippen molar-refractivity contribution in [1.29, 1.82) is 0 Å². The number of H-pyrrole nitrogens is 1. The van der Waals surface area contributed by atoms with Crippen LogP contribution >= 0.6 is 0 Å². The molecular formula is C22H21N3OS. The number of aromatic nitrogens is 2. The number of aromatic amines is 1. The molecule has 0 aliphatic carbocycles. The van der Waals surface area contributed by atoms with E-state index in [1.54, 1.807) is 0 Å². The predicted octanol–water partition coefficient (Wildman–Crippen LogP) is 4.18. The monoisotopic (exact) mass is 375 g/mol. The van der Waals surface area contributed by atoms with Gasteiger partial charge in [0.2, 0.25) is 0 Å². The van der Waals surface area contributed by atoms with Gasteiger partial charge in [-0.2, -0.15) is 0 Å². The van der Waals surface area contributed by atoms with Gasteiger partial charge in [0.05, 0.1) is 21.2 Å². The van der Waals surface area contributed by atoms with Gasteiger partial charge in [0, 0.05) is 58.6 Å². The van der Waals surface area contributed by atoms with Crippen molar-refractivity contribution in [3.05, 3.63) is 59.9 Å². The fourth-order valence-corrected chi connectivity index (χ4v) is 6.27. The maximum Gasteiger partial charge on any atom is 0.0871 e. The van der Waals surface area contributed by atoms with Gasteiger partial charge in [-0.1, -0.05) is 12.1 Å². The lowest BCUT2D eigenvalue weighted by molar-refractivity contribution is 0.503. The third-order valence-corrected chi connectivity index (χ3v) is 7.75. The van der Waals surface area contributed by atoms with Gasteiger partial charge in [-0.3, -0.25) is 0 Å². The van der Waals surface area contributed by atoms with Gasteiger partial charge in [0.15, 0.2) is 0 Å². The number of benzene rings is 2. The summed E-state index contributed by atoms with van der Waals surface area (Å²) in [5.41, 5.74) is 5.09. The number of hydrogen-bond acceptors (Lipinski definition) is 2. The predicted molar refractivity (Wildman–Crippen MR) is 108 cm³/mol. The molecule has 4 heterocycles. The summed E-state index contributed by atoms with van der Waals surface area (Å²) in [6, 6.07) is 15.4. The van der Waals surface area contributed by atoms with Crippen molar-refractivity contribution < 1.29 is 4.21 Å². The zero-order chi connectivity index (χ0) is 18.1. The normalized spacial score (nSPS) is 22.4. The number of hydrogen-bond donors (Lipinski definition) is 2. The van der Waals surface area contributed by atoms with E-state index in [2.05, 4.69) is 34.0 Å². The molecule has 1 saturated heterocycles. The van der Waals surface area contributed by atoms with Crippen LogP contribution in [-0.2, 0) is 24.3 Å². The summed E-state index contributed by atoms with van der Waals surface area (Å²) in [4.78, 5) is 4.97. The molecule has 2 aliphatic heterocycles. The van der Waals surface area contributed by atoms with Crippen LogP contribution in [0.15, 0.2) is 58.5 Å². The van der Waals surface area contributed by atoms with Crippen LogP contribution in [0.4, 0.5) is 0 Å². The fraction of sp³-hybridized carbons (Fsp3) is 0.273. The van der Waals surface area contributed by atoms with Crippen LogP contribution in [0.5, 0.6) is 0 Å². The molecule has 1 fully saturated rings. The first kappa shape index (κ1) is 15.7. The van der Waals surface area contributed by atoms with E-state index in [1.807, 2.05) is 36.5 Å². The molecule has 0 saturated carbocycles. The van der Waals surface area contributed by atoms with Crippen molar-refractivity contribution in [1.82, 2.24) is 14.9 Å². The Balaban J connectivity index is 1.53. The topological polar surface area (TPSA) is 49.8 Å². The third-order valence-electron chi connectivity index (χ3n) is 6.33. The van der Waals surface area contributed by atoms with E-state index < -0.39 is 10.8 Å². The molecule has 0 radical (unpaired) electrons. The summed E-state index contributed by atoms with van der Waals surface area (Å²) in [5, 5.41) is 6.12. The molecule has 3 unspecified atom stereocenters. The maximum absolute atomic E-state index is 13.4. The van der Waals surface area contributed by atoms with Crippen LogP contribution < -0.4 is 5.32 Å². The third kappa shape index (κ3) is 2.15. The number of rotatable bonds is 2. The molecule has 2 aliphatic rings. The first-order valence-corrected chi connectivity index (χ1v) is 10.7. The highest BCUT2D eigenvalue weighted by atomic mass is 32.2. The molecule has 0 amide bonds. The van der Waals surface area contributed by atoms with Crippen LogP contribution in [0.25, 0.3) is 21.8 Å². The second-order valence-corrected chi connectivity index (χ2v) is 9.21. The van der Waals surface area contributed by atoms with E-state index in [0.29, 0.717) is 12.1 Å². The molecule has 6 rings (SSSR count). The van der Waals surface area contributed by atoms with Crippen LogP contribution in [0.1, 0.15) is 30.1 Å². The Kier molecular flexibility index (Phi) is 3.23. The Morgan fingerprint density at radius 3 is 3.00 bits per heavy atom. The van der Waals surface area contributed by atoms with E-state index in [4.69, 9.17) is 0 Å². The zero-order valence-electron chi connectivity index (χ0n) is 15.2. The van der Waals surface area contributed by atoms with Crippen LogP contribution in [0.3, 0.4) is 0 Å². The molecule has 4 nitrogen and oxygen atoms in total. The summed E-state index contributed by atoms with van der Waals surface area (Å²) in [6.07, 6.45) is 5.45. The van der Waals surface area contributed by atoms with Gasteiger partial charge in [0.1, 0.15) is 0 Å². The van der Waals surface area contributed by atoms with Crippen LogP contribution in [-0.4, -0.2) is 19.8 Å². The number of nitrogens with zero attached hydrogens (tertiary/aromatic N) is 1. The first-order chi connectivity index (χ1) is 13.2. The summed E-state index contributed by atoms with van der Waals surface area (Å²) >= 11 is 0. The largest absolute Gasteiger partial charge is 0.360 e. The standard InChI is InChI=1S/C22H21N3OS/c1-25-18-8-6-15(27(26)20-4-2-3-13-9-10-23-22(13)20)12-16(18)21-17-7-5-14(24-17)11-19(21)25/h2-4,6,8-10,12,14,17,23-24H,5,7,11H2,1H3. The molecule has 4 aromatic rings. The Bertz CT molecular complexity index is 1240. The molecular weight excluding hydrogens is 354 g/mol. The van der Waals surface area contributed by atoms with Crippen molar-refractivity contribution in [2.24, 2.45) is 7.05 Å². The van der Waals surface area contributed by atoms with Gasteiger partial charge < -0.3 is 14.9 Å². The molecule has 2 bridgehead atoms. The second kappa shape index (κ2) is 5.57. The number of aryl methyl sites for hydroxylation is 1. The number of fused-ring (bicyclic) bond motifs is 7. The summed E-state index contributed by atoms with van der Waals surface area (Å²) < 4.78 is 15.7. The summed E-state index contributed by atoms with van der Waals surface area (Å²) in [6.45, 7) is 0. The average molecular weight is 375 g/mol. The lowest BCUT2D eigenvalue weighted by Crippen LogP contribution is -2.32. The van der Waals surface area contributed by atoms with Crippen molar-refractivity contribution in [3.8, 4) is 0 Å². The molecule has 0 spiro atoms. The highest BCUT2D eigenvalue weighted by Crippen LogP contribution is 2.42. The van der Waals surface area contributed by atoms with Crippen molar-refractivity contribution in [3.63, 3.8) is 0 Å². The zero-order valence-corrected chi connectivity index (χ0v) is 16.0. The Hall–Kier alpha value is -2.37. The molecule has 2 aromatic carbocycles. The van der Waals surface area contributed by atoms with E-state index in [0.717, 1.165) is 27.1 Å². The van der Waals surface area contributed by atoms with Gasteiger partial charge in [-0.25, -0.2) is 4.21 Å². The fourth-order valence-electron chi connectivity index (χ4n) is 5.03. The SMILES string of the molecule is Cn1c2c(c3cc(S(=O)c4cccc5cc[nH]c45)ccc31)C1CCC(C2)N1. The smallest absolute Gasteiger partial charge is 0.0871 e. The first-order valence-electron chi connectivity index (χ1n) is 9.56. The minimum atomic E-state index is -1.21. The molecule has 5 heteroatoms. The average Bonchev–Trinajstić information content (AvgIpc) is 3.39. The van der Waals surface area contributed by atoms with Gasteiger partial charge in [-0.05, 0) is 48.7 Å². The minimum absolute atomic E-state index is 0.443. The molecule has 27 heavy (non-hydrogen) atoms. The van der Waals surface area contributed by atoms with Gasteiger partial charge in [-0.15, -0.1) is 0 Å².